The first-order valence-electron chi connectivity index (χ1n) is 7.21. The van der Waals surface area contributed by atoms with E-state index in [1.165, 1.54) is 19.3 Å². The highest BCUT2D eigenvalue weighted by atomic mass is 16.6. The predicted molar refractivity (Wildman–Crippen MR) is 65.7 cm³/mol. The summed E-state index contributed by atoms with van der Waals surface area (Å²) in [5.41, 5.74) is 0. The molecule has 5 atom stereocenters. The maximum atomic E-state index is 12.0. The summed E-state index contributed by atoms with van der Waals surface area (Å²) >= 11 is 0. The fourth-order valence-corrected chi connectivity index (χ4v) is 4.24. The Kier molecular flexibility index (Phi) is 2.80. The van der Waals surface area contributed by atoms with Gasteiger partial charge in [0, 0.05) is 6.04 Å². The van der Waals surface area contributed by atoms with E-state index in [2.05, 4.69) is 18.7 Å². The van der Waals surface area contributed by atoms with Crippen LogP contribution < -0.4 is 0 Å². The molecule has 2 heterocycles. The Bertz CT molecular complexity index is 317. The molecule has 3 fully saturated rings. The number of piperidine rings is 1. The Hall–Kier alpha value is -0.730. The zero-order valence-corrected chi connectivity index (χ0v) is 10.9. The molecule has 3 rings (SSSR count). The number of ether oxygens (including phenoxy) is 1. The van der Waals surface area contributed by atoms with Gasteiger partial charge in [0.2, 0.25) is 0 Å². The minimum absolute atomic E-state index is 0.0303. The third-order valence-electron chi connectivity index (χ3n) is 5.09. The number of rotatable bonds is 2. The van der Waals surface area contributed by atoms with Gasteiger partial charge in [-0.25, -0.2) is 4.79 Å². The molecule has 0 aromatic rings. The van der Waals surface area contributed by atoms with Crippen molar-refractivity contribution in [3.63, 3.8) is 0 Å². The summed E-state index contributed by atoms with van der Waals surface area (Å²) < 4.78 is 5.59. The molecule has 3 aliphatic rings. The molecule has 1 amide bonds. The van der Waals surface area contributed by atoms with E-state index in [-0.39, 0.29) is 12.2 Å². The minimum Gasteiger partial charge on any atom is -0.444 e. The highest BCUT2D eigenvalue weighted by Crippen LogP contribution is 2.46. The van der Waals surface area contributed by atoms with E-state index in [9.17, 15) is 4.79 Å². The van der Waals surface area contributed by atoms with Crippen LogP contribution in [0.1, 0.15) is 52.4 Å². The van der Waals surface area contributed by atoms with Crippen molar-refractivity contribution in [2.24, 2.45) is 11.8 Å². The van der Waals surface area contributed by atoms with Crippen LogP contribution in [0.3, 0.4) is 0 Å². The Morgan fingerprint density at radius 1 is 1.29 bits per heavy atom. The van der Waals surface area contributed by atoms with Crippen LogP contribution in [0.2, 0.25) is 0 Å². The van der Waals surface area contributed by atoms with Gasteiger partial charge in [-0.1, -0.05) is 20.3 Å². The van der Waals surface area contributed by atoms with Crippen LogP contribution in [0.5, 0.6) is 0 Å². The summed E-state index contributed by atoms with van der Waals surface area (Å²) in [7, 11) is 0. The van der Waals surface area contributed by atoms with Gasteiger partial charge in [0.25, 0.3) is 0 Å². The quantitative estimate of drug-likeness (QED) is 0.738. The maximum absolute atomic E-state index is 12.0. The number of carbonyl (C=O) groups excluding carboxylic acids is 1. The normalized spacial score (nSPS) is 44.5. The lowest BCUT2D eigenvalue weighted by Gasteiger charge is -2.46. The predicted octanol–water partition coefficient (Wildman–Crippen LogP) is 3.18. The molecule has 0 N–H and O–H groups in total. The second-order valence-corrected chi connectivity index (χ2v) is 6.06. The third kappa shape index (κ3) is 1.66. The average Bonchev–Trinajstić information content (AvgIpc) is 2.65. The van der Waals surface area contributed by atoms with E-state index in [0.717, 1.165) is 25.2 Å². The Labute approximate surface area is 104 Å². The summed E-state index contributed by atoms with van der Waals surface area (Å²) in [6, 6.07) is 0.848. The fraction of sp³-hybridized carbons (Fsp3) is 0.929. The van der Waals surface area contributed by atoms with Gasteiger partial charge in [-0.05, 0) is 43.9 Å². The molecule has 2 aliphatic heterocycles. The molecule has 3 nitrogen and oxygen atoms in total. The summed E-state index contributed by atoms with van der Waals surface area (Å²) in [5.74, 6) is 1.45. The van der Waals surface area contributed by atoms with Crippen molar-refractivity contribution >= 4 is 6.09 Å². The van der Waals surface area contributed by atoms with E-state index in [1.54, 1.807) is 0 Å². The standard InChI is InChI=1S/C14H23NO2/c1-3-4-10-6-7-11-9(2)5-8-12-13(11)15(10)14(16)17-12/h9-13H,3-8H2,1-2H3/t9-,10-,11+,12-,13+/m1/s1. The Morgan fingerprint density at radius 2 is 2.12 bits per heavy atom. The Balaban J connectivity index is 1.86. The molecule has 0 aromatic carbocycles. The smallest absolute Gasteiger partial charge is 0.410 e. The highest BCUT2D eigenvalue weighted by molar-refractivity contribution is 5.71. The van der Waals surface area contributed by atoms with Gasteiger partial charge < -0.3 is 4.74 Å². The molecule has 0 unspecified atom stereocenters. The average molecular weight is 237 g/mol. The molecule has 17 heavy (non-hydrogen) atoms. The largest absolute Gasteiger partial charge is 0.444 e. The first kappa shape index (κ1) is 11.4. The minimum atomic E-state index is -0.0303. The highest BCUT2D eigenvalue weighted by Gasteiger charge is 2.53. The summed E-state index contributed by atoms with van der Waals surface area (Å²) in [4.78, 5) is 14.2. The molecular formula is C14H23NO2. The van der Waals surface area contributed by atoms with Crippen LogP contribution in [0, 0.1) is 11.8 Å². The van der Waals surface area contributed by atoms with Gasteiger partial charge in [-0.2, -0.15) is 0 Å². The summed E-state index contributed by atoms with van der Waals surface area (Å²) in [6.07, 6.45) is 7.24. The third-order valence-corrected chi connectivity index (χ3v) is 5.09. The molecule has 96 valence electrons. The molecule has 0 radical (unpaired) electrons. The lowest BCUT2D eigenvalue weighted by molar-refractivity contribution is 0.0159. The number of hydrogen-bond donors (Lipinski definition) is 0. The summed E-state index contributed by atoms with van der Waals surface area (Å²) in [6.45, 7) is 4.55. The molecule has 2 saturated heterocycles. The van der Waals surface area contributed by atoms with Crippen molar-refractivity contribution in [1.29, 1.82) is 0 Å². The van der Waals surface area contributed by atoms with Crippen LogP contribution in [-0.4, -0.2) is 29.2 Å². The van der Waals surface area contributed by atoms with Crippen molar-refractivity contribution in [3.8, 4) is 0 Å². The number of amides is 1. The van der Waals surface area contributed by atoms with E-state index >= 15 is 0 Å². The molecule has 1 aliphatic carbocycles. The number of hydrogen-bond acceptors (Lipinski definition) is 2. The lowest BCUT2D eigenvalue weighted by Crippen LogP contribution is -2.55. The van der Waals surface area contributed by atoms with Crippen molar-refractivity contribution in [1.82, 2.24) is 4.90 Å². The SMILES string of the molecule is CCC[C@@H]1CC[C@@H]2[C@H]3[C@@H](CC[C@H]2C)OC(=O)N13. The van der Waals surface area contributed by atoms with Gasteiger partial charge in [-0.15, -0.1) is 0 Å². The van der Waals surface area contributed by atoms with Gasteiger partial charge in [-0.3, -0.25) is 4.90 Å². The van der Waals surface area contributed by atoms with Crippen LogP contribution in [-0.2, 0) is 4.74 Å². The molecule has 0 spiro atoms. The fourth-order valence-electron chi connectivity index (χ4n) is 4.24. The van der Waals surface area contributed by atoms with E-state index in [1.807, 2.05) is 0 Å². The van der Waals surface area contributed by atoms with E-state index in [0.29, 0.717) is 18.0 Å². The van der Waals surface area contributed by atoms with Gasteiger partial charge >= 0.3 is 6.09 Å². The second kappa shape index (κ2) is 4.18. The zero-order valence-electron chi connectivity index (χ0n) is 10.9. The van der Waals surface area contributed by atoms with Gasteiger partial charge in [0.05, 0.1) is 6.04 Å². The molecule has 0 aromatic heterocycles. The van der Waals surface area contributed by atoms with Gasteiger partial charge in [0.15, 0.2) is 0 Å². The number of nitrogens with zero attached hydrogens (tertiary/aromatic N) is 1. The van der Waals surface area contributed by atoms with Crippen LogP contribution in [0.4, 0.5) is 4.79 Å². The van der Waals surface area contributed by atoms with Crippen LogP contribution >= 0.6 is 0 Å². The van der Waals surface area contributed by atoms with Crippen LogP contribution in [0.25, 0.3) is 0 Å². The van der Waals surface area contributed by atoms with Crippen LogP contribution in [0.15, 0.2) is 0 Å². The van der Waals surface area contributed by atoms with Crippen molar-refractivity contribution < 1.29 is 9.53 Å². The van der Waals surface area contributed by atoms with Gasteiger partial charge in [0.1, 0.15) is 6.10 Å². The first-order chi connectivity index (χ1) is 8.22. The second-order valence-electron chi connectivity index (χ2n) is 6.06. The first-order valence-corrected chi connectivity index (χ1v) is 7.21. The zero-order chi connectivity index (χ0) is 12.0. The van der Waals surface area contributed by atoms with E-state index in [4.69, 9.17) is 4.74 Å². The maximum Gasteiger partial charge on any atom is 0.410 e. The van der Waals surface area contributed by atoms with Crippen molar-refractivity contribution in [3.05, 3.63) is 0 Å². The Morgan fingerprint density at radius 3 is 2.88 bits per heavy atom. The molecule has 1 saturated carbocycles. The number of carbonyl (C=O) groups is 1. The topological polar surface area (TPSA) is 29.5 Å². The summed E-state index contributed by atoms with van der Waals surface area (Å²) in [5, 5.41) is 0. The van der Waals surface area contributed by atoms with Crippen molar-refractivity contribution in [2.45, 2.75) is 70.6 Å². The van der Waals surface area contributed by atoms with E-state index < -0.39 is 0 Å². The molecular weight excluding hydrogens is 214 g/mol. The molecule has 3 heteroatoms. The molecule has 0 bridgehead atoms. The lowest BCUT2D eigenvalue weighted by atomic mass is 9.69. The van der Waals surface area contributed by atoms with Crippen molar-refractivity contribution in [2.75, 3.05) is 0 Å². The monoisotopic (exact) mass is 237 g/mol.